The first-order valence-electron chi connectivity index (χ1n) is 2.73. The maximum Gasteiger partial charge on any atom is 0.321 e. The van der Waals surface area contributed by atoms with E-state index in [-0.39, 0.29) is 0 Å². The van der Waals surface area contributed by atoms with Gasteiger partial charge in [-0.05, 0) is 13.5 Å². The molecule has 0 heterocycles. The maximum atomic E-state index is 10.2. The van der Waals surface area contributed by atoms with Crippen molar-refractivity contribution in [3.05, 3.63) is 12.7 Å². The molecule has 0 rings (SSSR count). The molecular weight excluding hydrogens is 118 g/mol. The van der Waals surface area contributed by atoms with Crippen LogP contribution >= 0.6 is 0 Å². The van der Waals surface area contributed by atoms with Gasteiger partial charge in [-0.3, -0.25) is 4.79 Å². The molecule has 0 aromatic carbocycles. The molecule has 0 saturated carbocycles. The number of hydrogen-bond donors (Lipinski definition) is 2. The Morgan fingerprint density at radius 1 is 2.00 bits per heavy atom. The van der Waals surface area contributed by atoms with E-state index in [0.29, 0.717) is 6.42 Å². The lowest BCUT2D eigenvalue weighted by Gasteiger charge is -2.05. The van der Waals surface area contributed by atoms with E-state index in [0.717, 1.165) is 0 Å². The van der Waals surface area contributed by atoms with Gasteiger partial charge in [0.05, 0.1) is 0 Å². The fraction of sp³-hybridized carbons (Fsp3) is 0.500. The van der Waals surface area contributed by atoms with Crippen molar-refractivity contribution in [3.63, 3.8) is 0 Å². The maximum absolute atomic E-state index is 10.2. The molecule has 1 unspecified atom stereocenters. The van der Waals surface area contributed by atoms with Crippen molar-refractivity contribution in [1.82, 2.24) is 5.32 Å². The molecule has 0 spiro atoms. The highest BCUT2D eigenvalue weighted by molar-refractivity contribution is 5.73. The molecule has 0 amide bonds. The average molecular weight is 129 g/mol. The highest BCUT2D eigenvalue weighted by Crippen LogP contribution is 1.90. The molecule has 0 fully saturated rings. The van der Waals surface area contributed by atoms with Crippen molar-refractivity contribution in [1.29, 1.82) is 0 Å². The first-order chi connectivity index (χ1) is 4.22. The number of carboxylic acid groups (broad SMARTS) is 1. The molecule has 9 heavy (non-hydrogen) atoms. The molecule has 0 aliphatic heterocycles. The lowest BCUT2D eigenvalue weighted by atomic mass is 10.2. The van der Waals surface area contributed by atoms with Gasteiger partial charge in [0.2, 0.25) is 0 Å². The number of hydrogen-bond acceptors (Lipinski definition) is 2. The number of aliphatic carboxylic acids is 1. The summed E-state index contributed by atoms with van der Waals surface area (Å²) in [5.74, 6) is -0.836. The number of nitrogens with one attached hydrogen (secondary N) is 1. The van der Waals surface area contributed by atoms with Gasteiger partial charge in [0.1, 0.15) is 6.04 Å². The Labute approximate surface area is 54.4 Å². The topological polar surface area (TPSA) is 49.3 Å². The van der Waals surface area contributed by atoms with E-state index in [1.165, 1.54) is 0 Å². The van der Waals surface area contributed by atoms with Crippen molar-refractivity contribution in [3.8, 4) is 0 Å². The fourth-order valence-corrected chi connectivity index (χ4v) is 0.509. The lowest BCUT2D eigenvalue weighted by molar-refractivity contribution is -0.139. The lowest BCUT2D eigenvalue weighted by Crippen LogP contribution is -2.32. The van der Waals surface area contributed by atoms with E-state index in [2.05, 4.69) is 11.9 Å². The van der Waals surface area contributed by atoms with Gasteiger partial charge >= 0.3 is 5.97 Å². The summed E-state index contributed by atoms with van der Waals surface area (Å²) >= 11 is 0. The summed E-state index contributed by atoms with van der Waals surface area (Å²) in [6.45, 7) is 3.43. The Kier molecular flexibility index (Phi) is 3.71. The van der Waals surface area contributed by atoms with Crippen LogP contribution in [0.25, 0.3) is 0 Å². The van der Waals surface area contributed by atoms with Gasteiger partial charge in [-0.2, -0.15) is 0 Å². The van der Waals surface area contributed by atoms with Crippen LogP contribution in [0.15, 0.2) is 12.7 Å². The third-order valence-corrected chi connectivity index (χ3v) is 1.05. The third kappa shape index (κ3) is 2.87. The molecule has 1 atom stereocenters. The second kappa shape index (κ2) is 4.09. The second-order valence-electron chi connectivity index (χ2n) is 1.70. The molecule has 3 nitrogen and oxygen atoms in total. The number of carboxylic acids is 1. The van der Waals surface area contributed by atoms with Crippen LogP contribution in [0.4, 0.5) is 0 Å². The SMILES string of the molecule is C=CCC(NC)C(=O)O. The van der Waals surface area contributed by atoms with Crippen LogP contribution < -0.4 is 5.32 Å². The number of rotatable bonds is 4. The highest BCUT2D eigenvalue weighted by Gasteiger charge is 2.10. The predicted octanol–water partition coefficient (Wildman–Crippen LogP) is 0.235. The van der Waals surface area contributed by atoms with Gasteiger partial charge in [-0.25, -0.2) is 0 Å². The van der Waals surface area contributed by atoms with Gasteiger partial charge in [0.15, 0.2) is 0 Å². The summed E-state index contributed by atoms with van der Waals surface area (Å²) in [5, 5.41) is 11.0. The molecule has 0 saturated heterocycles. The Balaban J connectivity index is 3.67. The first kappa shape index (κ1) is 8.17. The number of carbonyl (C=O) groups is 1. The van der Waals surface area contributed by atoms with Gasteiger partial charge in [0, 0.05) is 0 Å². The van der Waals surface area contributed by atoms with E-state index in [1.54, 1.807) is 13.1 Å². The normalized spacial score (nSPS) is 12.6. The van der Waals surface area contributed by atoms with Crippen LogP contribution in [0.2, 0.25) is 0 Å². The Bertz CT molecular complexity index is 112. The van der Waals surface area contributed by atoms with Crippen molar-refractivity contribution < 1.29 is 9.90 Å². The van der Waals surface area contributed by atoms with E-state index in [4.69, 9.17) is 5.11 Å². The van der Waals surface area contributed by atoms with Crippen LogP contribution in [0.1, 0.15) is 6.42 Å². The van der Waals surface area contributed by atoms with Crippen LogP contribution in [-0.4, -0.2) is 24.2 Å². The molecular formula is C6H11NO2. The van der Waals surface area contributed by atoms with Crippen LogP contribution in [-0.2, 0) is 4.79 Å². The minimum absolute atomic E-state index is 0.464. The van der Waals surface area contributed by atoms with Crippen molar-refractivity contribution >= 4 is 5.97 Å². The molecule has 0 aromatic heterocycles. The van der Waals surface area contributed by atoms with Crippen LogP contribution in [0.3, 0.4) is 0 Å². The van der Waals surface area contributed by atoms with E-state index in [9.17, 15) is 4.79 Å². The monoisotopic (exact) mass is 129 g/mol. The van der Waals surface area contributed by atoms with Crippen molar-refractivity contribution in [2.75, 3.05) is 7.05 Å². The third-order valence-electron chi connectivity index (χ3n) is 1.05. The van der Waals surface area contributed by atoms with E-state index >= 15 is 0 Å². The summed E-state index contributed by atoms with van der Waals surface area (Å²) in [6.07, 6.45) is 2.04. The first-order valence-corrected chi connectivity index (χ1v) is 2.73. The standard InChI is InChI=1S/C6H11NO2/c1-3-4-5(7-2)6(8)9/h3,5,7H,1,4H2,2H3,(H,8,9). The van der Waals surface area contributed by atoms with Gasteiger partial charge in [-0.1, -0.05) is 6.08 Å². The van der Waals surface area contributed by atoms with Gasteiger partial charge in [0.25, 0.3) is 0 Å². The highest BCUT2D eigenvalue weighted by atomic mass is 16.4. The Hall–Kier alpha value is -0.830. The Morgan fingerprint density at radius 3 is 2.67 bits per heavy atom. The minimum atomic E-state index is -0.836. The van der Waals surface area contributed by atoms with Crippen LogP contribution in [0.5, 0.6) is 0 Å². The smallest absolute Gasteiger partial charge is 0.321 e. The second-order valence-corrected chi connectivity index (χ2v) is 1.70. The molecule has 0 bridgehead atoms. The van der Waals surface area contributed by atoms with Crippen LogP contribution in [0, 0.1) is 0 Å². The van der Waals surface area contributed by atoms with Gasteiger partial charge < -0.3 is 10.4 Å². The zero-order chi connectivity index (χ0) is 7.28. The summed E-state index contributed by atoms with van der Waals surface area (Å²) < 4.78 is 0. The largest absolute Gasteiger partial charge is 0.480 e. The van der Waals surface area contributed by atoms with Crippen molar-refractivity contribution in [2.24, 2.45) is 0 Å². The summed E-state index contributed by atoms with van der Waals surface area (Å²) in [7, 11) is 1.61. The average Bonchev–Trinajstić information content (AvgIpc) is 1.82. The summed E-state index contributed by atoms with van der Waals surface area (Å²) in [6, 6.07) is -0.484. The molecule has 2 N–H and O–H groups in total. The number of likely N-dealkylation sites (N-methyl/N-ethyl adjacent to an activating group) is 1. The zero-order valence-corrected chi connectivity index (χ0v) is 5.42. The summed E-state index contributed by atoms with van der Waals surface area (Å²) in [4.78, 5) is 10.2. The predicted molar refractivity (Wildman–Crippen MR) is 35.3 cm³/mol. The molecule has 0 radical (unpaired) electrons. The molecule has 3 heteroatoms. The zero-order valence-electron chi connectivity index (χ0n) is 5.42. The van der Waals surface area contributed by atoms with E-state index < -0.39 is 12.0 Å². The molecule has 0 aromatic rings. The van der Waals surface area contributed by atoms with Gasteiger partial charge in [-0.15, -0.1) is 6.58 Å². The fourth-order valence-electron chi connectivity index (χ4n) is 0.509. The molecule has 0 aliphatic rings. The Morgan fingerprint density at radius 2 is 2.56 bits per heavy atom. The molecule has 52 valence electrons. The minimum Gasteiger partial charge on any atom is -0.480 e. The molecule has 0 aliphatic carbocycles. The van der Waals surface area contributed by atoms with Crippen molar-refractivity contribution in [2.45, 2.75) is 12.5 Å². The summed E-state index contributed by atoms with van der Waals surface area (Å²) in [5.41, 5.74) is 0. The van der Waals surface area contributed by atoms with E-state index in [1.807, 2.05) is 0 Å². The quantitative estimate of drug-likeness (QED) is 0.534.